The standard InChI is InChI=1S/C19H18FNO2/c20-15-9-10-17-16(11-15)19(21-18(22)23-17,12-13-5-4-6-13)14-7-2-1-3-8-14/h1-3,7-11,13H,4-6,12H2,(H,21,22). The van der Waals surface area contributed by atoms with Crippen molar-refractivity contribution in [2.75, 3.05) is 0 Å². The fourth-order valence-corrected chi connectivity index (χ4v) is 3.65. The lowest BCUT2D eigenvalue weighted by atomic mass is 9.70. The van der Waals surface area contributed by atoms with Gasteiger partial charge >= 0.3 is 6.09 Å². The van der Waals surface area contributed by atoms with Gasteiger partial charge in [0, 0.05) is 5.56 Å². The molecule has 118 valence electrons. The highest BCUT2D eigenvalue weighted by Crippen LogP contribution is 2.46. The van der Waals surface area contributed by atoms with Crippen LogP contribution in [0.5, 0.6) is 5.75 Å². The van der Waals surface area contributed by atoms with Crippen LogP contribution in [0.3, 0.4) is 0 Å². The van der Waals surface area contributed by atoms with Gasteiger partial charge in [-0.3, -0.25) is 0 Å². The van der Waals surface area contributed by atoms with E-state index in [-0.39, 0.29) is 5.82 Å². The zero-order valence-electron chi connectivity index (χ0n) is 12.7. The number of hydrogen-bond acceptors (Lipinski definition) is 2. The van der Waals surface area contributed by atoms with Crippen LogP contribution in [0.25, 0.3) is 0 Å². The number of carbonyl (C=O) groups is 1. The molecule has 0 radical (unpaired) electrons. The Bertz CT molecular complexity index is 742. The number of rotatable bonds is 3. The molecule has 1 aliphatic carbocycles. The van der Waals surface area contributed by atoms with Crippen molar-refractivity contribution >= 4 is 6.09 Å². The van der Waals surface area contributed by atoms with Crippen molar-refractivity contribution in [1.29, 1.82) is 0 Å². The lowest BCUT2D eigenvalue weighted by molar-refractivity contribution is 0.157. The molecule has 1 aliphatic heterocycles. The molecule has 2 aromatic rings. The van der Waals surface area contributed by atoms with Gasteiger partial charge in [0.05, 0.1) is 5.54 Å². The summed E-state index contributed by atoms with van der Waals surface area (Å²) in [6.07, 6.45) is 3.80. The van der Waals surface area contributed by atoms with Crippen molar-refractivity contribution in [2.24, 2.45) is 5.92 Å². The zero-order valence-corrected chi connectivity index (χ0v) is 12.7. The first-order chi connectivity index (χ1) is 11.2. The molecule has 1 heterocycles. The van der Waals surface area contributed by atoms with Crippen LogP contribution < -0.4 is 10.1 Å². The van der Waals surface area contributed by atoms with Crippen LogP contribution in [-0.2, 0) is 5.54 Å². The number of carbonyl (C=O) groups excluding carboxylic acids is 1. The van der Waals surface area contributed by atoms with Crippen molar-refractivity contribution in [2.45, 2.75) is 31.2 Å². The number of fused-ring (bicyclic) bond motifs is 1. The highest BCUT2D eigenvalue weighted by Gasteiger charge is 2.45. The van der Waals surface area contributed by atoms with E-state index in [1.807, 2.05) is 30.3 Å². The maximum Gasteiger partial charge on any atom is 0.413 e. The Labute approximate surface area is 134 Å². The largest absolute Gasteiger partial charge is 0.413 e. The summed E-state index contributed by atoms with van der Waals surface area (Å²) < 4.78 is 19.2. The van der Waals surface area contributed by atoms with E-state index in [9.17, 15) is 9.18 Å². The summed E-state index contributed by atoms with van der Waals surface area (Å²) in [5.41, 5.74) is 0.949. The summed E-state index contributed by atoms with van der Waals surface area (Å²) in [5, 5.41) is 3.00. The average Bonchev–Trinajstić information content (AvgIpc) is 2.52. The maximum absolute atomic E-state index is 13.9. The second kappa shape index (κ2) is 5.37. The molecule has 23 heavy (non-hydrogen) atoms. The van der Waals surface area contributed by atoms with E-state index < -0.39 is 11.6 Å². The van der Waals surface area contributed by atoms with Gasteiger partial charge in [-0.2, -0.15) is 0 Å². The summed E-state index contributed by atoms with van der Waals surface area (Å²) in [6, 6.07) is 14.2. The van der Waals surface area contributed by atoms with E-state index in [2.05, 4.69) is 5.32 Å². The normalized spacial score (nSPS) is 23.4. The smallest absolute Gasteiger partial charge is 0.410 e. The Kier molecular flexibility index (Phi) is 3.33. The molecule has 0 saturated heterocycles. The molecule has 4 rings (SSSR count). The first-order valence-electron chi connectivity index (χ1n) is 8.03. The molecular formula is C19H18FNO2. The third-order valence-corrected chi connectivity index (χ3v) is 5.01. The number of ether oxygens (including phenoxy) is 1. The minimum absolute atomic E-state index is 0.322. The predicted octanol–water partition coefficient (Wildman–Crippen LogP) is 4.36. The Morgan fingerprint density at radius 1 is 1.17 bits per heavy atom. The van der Waals surface area contributed by atoms with Crippen LogP contribution in [0.15, 0.2) is 48.5 Å². The van der Waals surface area contributed by atoms with E-state index in [4.69, 9.17) is 4.74 Å². The second-order valence-corrected chi connectivity index (χ2v) is 6.43. The van der Waals surface area contributed by atoms with Crippen molar-refractivity contribution in [3.63, 3.8) is 0 Å². The summed E-state index contributed by atoms with van der Waals surface area (Å²) in [7, 11) is 0. The first-order valence-corrected chi connectivity index (χ1v) is 8.03. The lowest BCUT2D eigenvalue weighted by Crippen LogP contribution is -2.52. The molecule has 2 aromatic carbocycles. The van der Waals surface area contributed by atoms with Crippen LogP contribution in [0.2, 0.25) is 0 Å². The maximum atomic E-state index is 13.9. The third kappa shape index (κ3) is 2.38. The molecule has 1 fully saturated rings. The number of hydrogen-bond donors (Lipinski definition) is 1. The molecule has 0 aromatic heterocycles. The topological polar surface area (TPSA) is 38.3 Å². The highest BCUT2D eigenvalue weighted by molar-refractivity contribution is 5.76. The molecule has 1 N–H and O–H groups in total. The van der Waals surface area contributed by atoms with Crippen molar-refractivity contribution in [1.82, 2.24) is 5.32 Å². The molecule has 3 nitrogen and oxygen atoms in total. The zero-order chi connectivity index (χ0) is 15.9. The number of benzene rings is 2. The molecule has 1 amide bonds. The first kappa shape index (κ1) is 14.2. The monoisotopic (exact) mass is 311 g/mol. The molecule has 0 spiro atoms. The van der Waals surface area contributed by atoms with Gasteiger partial charge in [-0.1, -0.05) is 49.6 Å². The molecule has 2 aliphatic rings. The number of nitrogens with one attached hydrogen (secondary N) is 1. The van der Waals surface area contributed by atoms with E-state index in [0.29, 0.717) is 17.2 Å². The Morgan fingerprint density at radius 3 is 2.65 bits per heavy atom. The summed E-state index contributed by atoms with van der Waals surface area (Å²) in [6.45, 7) is 0. The number of halogens is 1. The average molecular weight is 311 g/mol. The minimum atomic E-state index is -0.723. The Hall–Kier alpha value is -2.36. The van der Waals surface area contributed by atoms with Gasteiger partial charge in [-0.25, -0.2) is 9.18 Å². The molecule has 1 atom stereocenters. The van der Waals surface area contributed by atoms with Crippen LogP contribution in [0.4, 0.5) is 9.18 Å². The van der Waals surface area contributed by atoms with E-state index in [0.717, 1.165) is 24.8 Å². The third-order valence-electron chi connectivity index (χ3n) is 5.01. The SMILES string of the molecule is O=C1NC(CC2CCC2)(c2ccccc2)c2cc(F)ccc2O1. The molecule has 0 bridgehead atoms. The van der Waals surface area contributed by atoms with E-state index >= 15 is 0 Å². The Morgan fingerprint density at radius 2 is 1.96 bits per heavy atom. The fourth-order valence-electron chi connectivity index (χ4n) is 3.65. The minimum Gasteiger partial charge on any atom is -0.410 e. The van der Waals surface area contributed by atoms with Gasteiger partial charge in [-0.15, -0.1) is 0 Å². The van der Waals surface area contributed by atoms with Crippen molar-refractivity contribution in [3.8, 4) is 5.75 Å². The van der Waals surface area contributed by atoms with Crippen LogP contribution in [0, 0.1) is 11.7 Å². The van der Waals surface area contributed by atoms with Gasteiger partial charge in [-0.05, 0) is 36.1 Å². The fraction of sp³-hybridized carbons (Fsp3) is 0.316. The quantitative estimate of drug-likeness (QED) is 0.914. The molecular weight excluding hydrogens is 293 g/mol. The van der Waals surface area contributed by atoms with Gasteiger partial charge in [0.2, 0.25) is 0 Å². The summed E-state index contributed by atoms with van der Waals surface area (Å²) in [4.78, 5) is 12.2. The highest BCUT2D eigenvalue weighted by atomic mass is 19.1. The van der Waals surface area contributed by atoms with Gasteiger partial charge in [0.25, 0.3) is 0 Å². The number of amides is 1. The van der Waals surface area contributed by atoms with Crippen LogP contribution >= 0.6 is 0 Å². The molecule has 1 unspecified atom stereocenters. The van der Waals surface area contributed by atoms with Gasteiger partial charge in [0.1, 0.15) is 11.6 Å². The lowest BCUT2D eigenvalue weighted by Gasteiger charge is -2.43. The predicted molar refractivity (Wildman–Crippen MR) is 84.7 cm³/mol. The molecule has 4 heteroatoms. The van der Waals surface area contributed by atoms with Gasteiger partial charge in [0.15, 0.2) is 0 Å². The van der Waals surface area contributed by atoms with Crippen LogP contribution in [0.1, 0.15) is 36.8 Å². The van der Waals surface area contributed by atoms with Gasteiger partial charge < -0.3 is 10.1 Å². The van der Waals surface area contributed by atoms with E-state index in [1.165, 1.54) is 18.6 Å². The summed E-state index contributed by atoms with van der Waals surface area (Å²) >= 11 is 0. The van der Waals surface area contributed by atoms with Crippen molar-refractivity contribution < 1.29 is 13.9 Å². The Balaban J connectivity index is 1.91. The summed E-state index contributed by atoms with van der Waals surface area (Å²) in [5.74, 6) is 0.653. The van der Waals surface area contributed by atoms with E-state index in [1.54, 1.807) is 6.07 Å². The molecule has 1 saturated carbocycles. The second-order valence-electron chi connectivity index (χ2n) is 6.43. The van der Waals surface area contributed by atoms with Crippen LogP contribution in [-0.4, -0.2) is 6.09 Å². The van der Waals surface area contributed by atoms with Crippen molar-refractivity contribution in [3.05, 3.63) is 65.5 Å².